The van der Waals surface area contributed by atoms with E-state index in [2.05, 4.69) is 10.3 Å². The molecule has 3 N–H and O–H groups in total. The summed E-state index contributed by atoms with van der Waals surface area (Å²) in [5.41, 5.74) is -1.11. The second-order valence-electron chi connectivity index (χ2n) is 4.58. The van der Waals surface area contributed by atoms with Crippen LogP contribution in [0.2, 0.25) is 0 Å². The van der Waals surface area contributed by atoms with Crippen LogP contribution in [0.1, 0.15) is 11.8 Å². The van der Waals surface area contributed by atoms with Crippen LogP contribution in [0.15, 0.2) is 0 Å². The Balaban J connectivity index is 2.61. The zero-order chi connectivity index (χ0) is 13.8. The highest BCUT2D eigenvalue weighted by atomic mass is 32.1. The Morgan fingerprint density at radius 3 is 2.67 bits per heavy atom. The molecule has 104 valence electrons. The van der Waals surface area contributed by atoms with E-state index in [-0.39, 0.29) is 6.61 Å². The van der Waals surface area contributed by atoms with Crippen LogP contribution < -0.4 is 15.0 Å². The number of thiazole rings is 1. The van der Waals surface area contributed by atoms with Gasteiger partial charge in [-0.2, -0.15) is 4.98 Å². The Labute approximate surface area is 111 Å². The van der Waals surface area contributed by atoms with E-state index in [9.17, 15) is 5.11 Å². The Bertz CT molecular complexity index is 380. The van der Waals surface area contributed by atoms with Crippen molar-refractivity contribution in [1.29, 1.82) is 0 Å². The molecule has 1 aromatic heterocycles. The third-order valence-corrected chi connectivity index (χ3v) is 3.56. The van der Waals surface area contributed by atoms with Gasteiger partial charge in [0.2, 0.25) is 5.88 Å². The lowest BCUT2D eigenvalue weighted by Gasteiger charge is -2.20. The molecule has 7 heteroatoms. The van der Waals surface area contributed by atoms with Gasteiger partial charge in [0.1, 0.15) is 0 Å². The van der Waals surface area contributed by atoms with Gasteiger partial charge < -0.3 is 25.2 Å². The highest BCUT2D eigenvalue weighted by Crippen LogP contribution is 2.30. The first-order chi connectivity index (χ1) is 8.39. The van der Waals surface area contributed by atoms with Crippen LogP contribution in [0.4, 0.5) is 5.13 Å². The molecule has 1 unspecified atom stereocenters. The Kier molecular flexibility index (Phi) is 5.33. The topological polar surface area (TPSA) is 77.9 Å². The predicted octanol–water partition coefficient (Wildman–Crippen LogP) is 0.0506. The number of hydrogen-bond acceptors (Lipinski definition) is 7. The van der Waals surface area contributed by atoms with Crippen LogP contribution >= 0.6 is 11.3 Å². The minimum Gasteiger partial charge on any atom is -0.480 e. The van der Waals surface area contributed by atoms with E-state index >= 15 is 0 Å². The minimum absolute atomic E-state index is 0.275. The molecule has 0 spiro atoms. The maximum atomic E-state index is 9.66. The van der Waals surface area contributed by atoms with E-state index in [0.29, 0.717) is 19.0 Å². The molecule has 0 amide bonds. The van der Waals surface area contributed by atoms with Gasteiger partial charge >= 0.3 is 0 Å². The van der Waals surface area contributed by atoms with Crippen molar-refractivity contribution in [2.45, 2.75) is 19.1 Å². The number of methoxy groups -OCH3 is 1. The van der Waals surface area contributed by atoms with Crippen molar-refractivity contribution >= 4 is 16.5 Å². The van der Waals surface area contributed by atoms with Crippen molar-refractivity contribution in [2.75, 3.05) is 39.3 Å². The summed E-state index contributed by atoms with van der Waals surface area (Å²) in [7, 11) is 5.43. The number of nitrogens with zero attached hydrogens (tertiary/aromatic N) is 2. The van der Waals surface area contributed by atoms with Crippen molar-refractivity contribution < 1.29 is 14.9 Å². The molecule has 0 aliphatic carbocycles. The van der Waals surface area contributed by atoms with Gasteiger partial charge in [0.05, 0.1) is 24.2 Å². The highest BCUT2D eigenvalue weighted by Gasteiger charge is 2.19. The van der Waals surface area contributed by atoms with Gasteiger partial charge in [-0.25, -0.2) is 0 Å². The molecule has 0 aliphatic heterocycles. The van der Waals surface area contributed by atoms with Gasteiger partial charge in [0.25, 0.3) is 0 Å². The first-order valence-corrected chi connectivity index (χ1v) is 6.46. The third kappa shape index (κ3) is 4.09. The fourth-order valence-electron chi connectivity index (χ4n) is 1.29. The summed E-state index contributed by atoms with van der Waals surface area (Å²) in [5.74, 6) is 0.597. The average molecular weight is 275 g/mol. The zero-order valence-corrected chi connectivity index (χ0v) is 12.0. The quantitative estimate of drug-likeness (QED) is 0.653. The van der Waals surface area contributed by atoms with Crippen LogP contribution in [0.25, 0.3) is 0 Å². The first-order valence-electron chi connectivity index (χ1n) is 5.64. The smallest absolute Gasteiger partial charge is 0.230 e. The van der Waals surface area contributed by atoms with E-state index in [0.717, 1.165) is 10.0 Å². The lowest BCUT2D eigenvalue weighted by atomic mass is 10.1. The summed E-state index contributed by atoms with van der Waals surface area (Å²) in [6.07, 6.45) is 0. The molecule has 1 atom stereocenters. The van der Waals surface area contributed by atoms with Crippen molar-refractivity contribution in [3.05, 3.63) is 4.88 Å². The summed E-state index contributed by atoms with van der Waals surface area (Å²) in [6, 6.07) is 0. The van der Waals surface area contributed by atoms with Crippen LogP contribution in [-0.4, -0.2) is 55.2 Å². The van der Waals surface area contributed by atoms with Gasteiger partial charge in [-0.1, -0.05) is 11.3 Å². The molecule has 1 aromatic rings. The Morgan fingerprint density at radius 2 is 2.17 bits per heavy atom. The van der Waals surface area contributed by atoms with Crippen LogP contribution in [-0.2, 0) is 6.54 Å². The van der Waals surface area contributed by atoms with Gasteiger partial charge in [0, 0.05) is 27.2 Å². The van der Waals surface area contributed by atoms with Crippen LogP contribution in [0.5, 0.6) is 5.88 Å². The van der Waals surface area contributed by atoms with Crippen molar-refractivity contribution in [3.8, 4) is 5.88 Å². The minimum atomic E-state index is -1.11. The number of aromatic nitrogens is 1. The van der Waals surface area contributed by atoms with Gasteiger partial charge in [0.15, 0.2) is 5.13 Å². The first kappa shape index (κ1) is 15.2. The largest absolute Gasteiger partial charge is 0.480 e. The number of nitrogens with one attached hydrogen (secondary N) is 1. The molecule has 0 saturated heterocycles. The molecule has 0 aliphatic rings. The lowest BCUT2D eigenvalue weighted by Crippen LogP contribution is -2.40. The third-order valence-electron chi connectivity index (χ3n) is 2.36. The fraction of sp³-hybridized carbons (Fsp3) is 0.727. The maximum Gasteiger partial charge on any atom is 0.230 e. The van der Waals surface area contributed by atoms with Gasteiger partial charge in [-0.15, -0.1) is 0 Å². The van der Waals surface area contributed by atoms with Crippen LogP contribution in [0, 0.1) is 0 Å². The van der Waals surface area contributed by atoms with Crippen molar-refractivity contribution in [1.82, 2.24) is 10.3 Å². The maximum absolute atomic E-state index is 9.66. The number of hydrogen-bond donors (Lipinski definition) is 3. The van der Waals surface area contributed by atoms with Gasteiger partial charge in [-0.3, -0.25) is 0 Å². The number of rotatable bonds is 7. The number of aliphatic hydroxyl groups is 2. The highest BCUT2D eigenvalue weighted by molar-refractivity contribution is 7.15. The van der Waals surface area contributed by atoms with E-state index < -0.39 is 5.60 Å². The molecule has 1 rings (SSSR count). The molecule has 0 bridgehead atoms. The van der Waals surface area contributed by atoms with Gasteiger partial charge in [-0.05, 0) is 6.92 Å². The molecule has 18 heavy (non-hydrogen) atoms. The molecule has 1 heterocycles. The number of aliphatic hydroxyl groups excluding tert-OH is 1. The second-order valence-corrected chi connectivity index (χ2v) is 5.64. The molecule has 0 radical (unpaired) electrons. The molecular weight excluding hydrogens is 254 g/mol. The standard InChI is InChI=1S/C11H21N3O3S/c1-11(16,7-15)6-12-5-8-9(17-4)13-10(18-8)14(2)3/h12,15-16H,5-7H2,1-4H3. The van der Waals surface area contributed by atoms with Crippen LogP contribution in [0.3, 0.4) is 0 Å². The van der Waals surface area contributed by atoms with E-state index in [1.54, 1.807) is 14.0 Å². The molecule has 0 aromatic carbocycles. The van der Waals surface area contributed by atoms with E-state index in [1.165, 1.54) is 11.3 Å². The van der Waals surface area contributed by atoms with Crippen molar-refractivity contribution in [3.63, 3.8) is 0 Å². The molecule has 0 fully saturated rings. The normalized spacial score (nSPS) is 14.3. The van der Waals surface area contributed by atoms with E-state index in [1.807, 2.05) is 19.0 Å². The summed E-state index contributed by atoms with van der Waals surface area (Å²) >= 11 is 1.53. The SMILES string of the molecule is COc1nc(N(C)C)sc1CNCC(C)(O)CO. The average Bonchev–Trinajstić information content (AvgIpc) is 2.72. The number of ether oxygens (including phenoxy) is 1. The fourth-order valence-corrected chi connectivity index (χ4v) is 2.21. The molecular formula is C11H21N3O3S. The Hall–Kier alpha value is -0.890. The number of anilines is 1. The zero-order valence-electron chi connectivity index (χ0n) is 11.2. The summed E-state index contributed by atoms with van der Waals surface area (Å²) in [6.45, 7) is 2.16. The predicted molar refractivity (Wildman–Crippen MR) is 72.4 cm³/mol. The summed E-state index contributed by atoms with van der Waals surface area (Å²) < 4.78 is 5.21. The van der Waals surface area contributed by atoms with Crippen molar-refractivity contribution in [2.24, 2.45) is 0 Å². The molecule has 0 saturated carbocycles. The monoisotopic (exact) mass is 275 g/mol. The Morgan fingerprint density at radius 1 is 1.50 bits per heavy atom. The van der Waals surface area contributed by atoms with E-state index in [4.69, 9.17) is 9.84 Å². The lowest BCUT2D eigenvalue weighted by molar-refractivity contribution is 0.00255. The summed E-state index contributed by atoms with van der Waals surface area (Å²) in [5, 5.41) is 22.5. The summed E-state index contributed by atoms with van der Waals surface area (Å²) in [4.78, 5) is 7.22. The molecule has 6 nitrogen and oxygen atoms in total. The second kappa shape index (κ2) is 6.33.